The number of amides is 3. The Morgan fingerprint density at radius 1 is 0.938 bits per heavy atom. The molecule has 0 saturated heterocycles. The van der Waals surface area contributed by atoms with E-state index in [2.05, 4.69) is 41.8 Å². The average Bonchev–Trinajstić information content (AvgIpc) is 3.26. The molecule has 0 radical (unpaired) electrons. The van der Waals surface area contributed by atoms with Crippen molar-refractivity contribution in [3.63, 3.8) is 0 Å². The van der Waals surface area contributed by atoms with Crippen molar-refractivity contribution in [2.45, 2.75) is 32.9 Å². The number of aromatic nitrogens is 1. The second kappa shape index (κ2) is 8.54. The number of benzene rings is 2. The molecule has 6 nitrogen and oxygen atoms in total. The molecule has 1 aromatic heterocycles. The van der Waals surface area contributed by atoms with E-state index in [0.717, 1.165) is 22.6 Å². The maximum absolute atomic E-state index is 13.9. The lowest BCUT2D eigenvalue weighted by molar-refractivity contribution is -0.120. The van der Waals surface area contributed by atoms with Crippen molar-refractivity contribution in [3.8, 4) is 5.69 Å². The van der Waals surface area contributed by atoms with Crippen LogP contribution in [-0.4, -0.2) is 53.0 Å². The molecular weight excluding hydrogens is 400 g/mol. The van der Waals surface area contributed by atoms with Gasteiger partial charge in [0.25, 0.3) is 0 Å². The molecule has 2 heterocycles. The van der Waals surface area contributed by atoms with Crippen LogP contribution in [0.4, 0.5) is 10.5 Å². The molecule has 0 N–H and O–H groups in total. The fourth-order valence-corrected chi connectivity index (χ4v) is 4.28. The van der Waals surface area contributed by atoms with E-state index in [1.165, 1.54) is 10.5 Å². The first-order valence-corrected chi connectivity index (χ1v) is 10.9. The minimum atomic E-state index is -0.281. The molecule has 1 aliphatic rings. The highest BCUT2D eigenvalue weighted by Crippen LogP contribution is 2.42. The largest absolute Gasteiger partial charge is 0.331 e. The second-order valence-electron chi connectivity index (χ2n) is 8.77. The summed E-state index contributed by atoms with van der Waals surface area (Å²) in [6, 6.07) is 19.8. The van der Waals surface area contributed by atoms with Crippen molar-refractivity contribution in [2.24, 2.45) is 0 Å². The number of hydrogen-bond acceptors (Lipinski definition) is 2. The van der Waals surface area contributed by atoms with Gasteiger partial charge in [-0.05, 0) is 50.6 Å². The molecule has 1 aliphatic heterocycles. The molecule has 0 fully saturated rings. The first kappa shape index (κ1) is 21.7. The molecule has 1 unspecified atom stereocenters. The number of anilines is 1. The summed E-state index contributed by atoms with van der Waals surface area (Å²) in [4.78, 5) is 31.6. The molecular formula is C26H30N4O2. The molecule has 2 aromatic carbocycles. The lowest BCUT2D eigenvalue weighted by Gasteiger charge is -2.40. The van der Waals surface area contributed by atoms with Crippen LogP contribution in [0.15, 0.2) is 66.9 Å². The zero-order valence-electron chi connectivity index (χ0n) is 19.3. The molecule has 0 aliphatic carbocycles. The van der Waals surface area contributed by atoms with Gasteiger partial charge in [-0.3, -0.25) is 9.69 Å². The maximum Gasteiger partial charge on any atom is 0.320 e. The number of carbonyl (C=O) groups is 2. The van der Waals surface area contributed by atoms with Gasteiger partial charge in [0.1, 0.15) is 12.6 Å². The van der Waals surface area contributed by atoms with E-state index < -0.39 is 0 Å². The van der Waals surface area contributed by atoms with Crippen LogP contribution in [0, 0.1) is 6.92 Å². The summed E-state index contributed by atoms with van der Waals surface area (Å²) in [6.45, 7) is 5.92. The lowest BCUT2D eigenvalue weighted by atomic mass is 9.97. The van der Waals surface area contributed by atoms with E-state index >= 15 is 0 Å². The van der Waals surface area contributed by atoms with E-state index in [9.17, 15) is 9.59 Å². The van der Waals surface area contributed by atoms with Gasteiger partial charge in [-0.15, -0.1) is 0 Å². The highest BCUT2D eigenvalue weighted by molar-refractivity contribution is 6.00. The minimum absolute atomic E-state index is 0.00604. The SMILES string of the molecule is Cc1ccc(C2c3cccn3-c3ccccc3N2C(=O)CN(C(=O)N(C)C)C(C)C)cc1. The van der Waals surface area contributed by atoms with Crippen LogP contribution < -0.4 is 4.90 Å². The summed E-state index contributed by atoms with van der Waals surface area (Å²) in [7, 11) is 3.42. The summed E-state index contributed by atoms with van der Waals surface area (Å²) in [5, 5.41) is 0. The Morgan fingerprint density at radius 3 is 2.22 bits per heavy atom. The van der Waals surface area contributed by atoms with Gasteiger partial charge < -0.3 is 14.4 Å². The summed E-state index contributed by atoms with van der Waals surface area (Å²) < 4.78 is 2.15. The zero-order chi connectivity index (χ0) is 23.0. The topological polar surface area (TPSA) is 48.8 Å². The van der Waals surface area contributed by atoms with Crippen LogP contribution >= 0.6 is 0 Å². The van der Waals surface area contributed by atoms with Gasteiger partial charge in [-0.25, -0.2) is 4.79 Å². The number of nitrogens with zero attached hydrogens (tertiary/aromatic N) is 4. The van der Waals surface area contributed by atoms with Crippen molar-refractivity contribution >= 4 is 17.6 Å². The zero-order valence-corrected chi connectivity index (χ0v) is 19.3. The molecule has 0 saturated carbocycles. The summed E-state index contributed by atoms with van der Waals surface area (Å²) in [5.41, 5.74) is 5.03. The highest BCUT2D eigenvalue weighted by atomic mass is 16.2. The fourth-order valence-electron chi connectivity index (χ4n) is 4.28. The first-order chi connectivity index (χ1) is 15.3. The predicted molar refractivity (Wildman–Crippen MR) is 127 cm³/mol. The number of urea groups is 1. The van der Waals surface area contributed by atoms with Gasteiger partial charge in [0.05, 0.1) is 17.1 Å². The van der Waals surface area contributed by atoms with Crippen molar-refractivity contribution in [2.75, 3.05) is 25.5 Å². The van der Waals surface area contributed by atoms with Crippen LogP contribution in [0.1, 0.15) is 36.7 Å². The molecule has 1 atom stereocenters. The third kappa shape index (κ3) is 3.77. The molecule has 4 rings (SSSR count). The van der Waals surface area contributed by atoms with Crippen molar-refractivity contribution < 1.29 is 9.59 Å². The standard InChI is InChI=1S/C26H30N4O2/c1-18(2)29(26(32)27(4)5)17-24(31)30-22-10-7-6-9-21(22)28-16-8-11-23(28)25(30)20-14-12-19(3)13-15-20/h6-16,18,25H,17H2,1-5H3. The number of fused-ring (bicyclic) bond motifs is 3. The smallest absolute Gasteiger partial charge is 0.320 e. The van der Waals surface area contributed by atoms with Crippen LogP contribution in [0.3, 0.4) is 0 Å². The first-order valence-electron chi connectivity index (χ1n) is 10.9. The minimum Gasteiger partial charge on any atom is -0.331 e. The molecule has 0 bridgehead atoms. The number of carbonyl (C=O) groups excluding carboxylic acids is 2. The number of hydrogen-bond donors (Lipinski definition) is 0. The highest BCUT2D eigenvalue weighted by Gasteiger charge is 2.37. The molecule has 3 aromatic rings. The monoisotopic (exact) mass is 430 g/mol. The normalized spacial score (nSPS) is 14.7. The van der Waals surface area contributed by atoms with Gasteiger partial charge >= 0.3 is 6.03 Å². The third-order valence-corrected chi connectivity index (χ3v) is 5.94. The lowest BCUT2D eigenvalue weighted by Crippen LogP contribution is -2.51. The maximum atomic E-state index is 13.9. The Morgan fingerprint density at radius 2 is 1.59 bits per heavy atom. The predicted octanol–water partition coefficient (Wildman–Crippen LogP) is 4.61. The van der Waals surface area contributed by atoms with Crippen LogP contribution in [0.2, 0.25) is 0 Å². The van der Waals surface area contributed by atoms with Crippen LogP contribution in [0.5, 0.6) is 0 Å². The van der Waals surface area contributed by atoms with Gasteiger partial charge in [-0.1, -0.05) is 42.0 Å². The number of para-hydroxylation sites is 2. The number of rotatable bonds is 4. The summed E-state index contributed by atoms with van der Waals surface area (Å²) in [6.07, 6.45) is 2.03. The van der Waals surface area contributed by atoms with Gasteiger partial charge in [0.2, 0.25) is 5.91 Å². The third-order valence-electron chi connectivity index (χ3n) is 5.94. The molecule has 3 amide bonds. The van der Waals surface area contributed by atoms with Gasteiger partial charge in [0.15, 0.2) is 0 Å². The molecule has 0 spiro atoms. The molecule has 32 heavy (non-hydrogen) atoms. The quantitative estimate of drug-likeness (QED) is 0.607. The van der Waals surface area contributed by atoms with E-state index in [0.29, 0.717) is 0 Å². The van der Waals surface area contributed by atoms with Crippen molar-refractivity contribution in [1.82, 2.24) is 14.4 Å². The van der Waals surface area contributed by atoms with E-state index in [1.54, 1.807) is 19.0 Å². The van der Waals surface area contributed by atoms with Gasteiger partial charge in [-0.2, -0.15) is 0 Å². The number of aryl methyl sites for hydroxylation is 1. The summed E-state index contributed by atoms with van der Waals surface area (Å²) >= 11 is 0. The van der Waals surface area contributed by atoms with E-state index in [-0.39, 0.29) is 30.6 Å². The van der Waals surface area contributed by atoms with E-state index in [4.69, 9.17) is 0 Å². The Hall–Kier alpha value is -3.54. The fraction of sp³-hybridized carbons (Fsp3) is 0.308. The van der Waals surface area contributed by atoms with Crippen molar-refractivity contribution in [3.05, 3.63) is 83.7 Å². The van der Waals surface area contributed by atoms with Crippen LogP contribution in [-0.2, 0) is 4.79 Å². The Kier molecular flexibility index (Phi) is 5.78. The molecule has 166 valence electrons. The van der Waals surface area contributed by atoms with E-state index in [1.807, 2.05) is 55.3 Å². The van der Waals surface area contributed by atoms with Crippen LogP contribution in [0.25, 0.3) is 5.69 Å². The Balaban J connectivity index is 1.82. The Labute approximate surface area is 189 Å². The Bertz CT molecular complexity index is 1130. The van der Waals surface area contributed by atoms with Crippen molar-refractivity contribution in [1.29, 1.82) is 0 Å². The molecule has 6 heteroatoms. The summed E-state index contributed by atoms with van der Waals surface area (Å²) in [5.74, 6) is -0.112. The average molecular weight is 431 g/mol. The second-order valence-corrected chi connectivity index (χ2v) is 8.77. The van der Waals surface area contributed by atoms with Gasteiger partial charge in [0, 0.05) is 26.3 Å².